The Balaban J connectivity index is 1.59. The molecule has 20 heavy (non-hydrogen) atoms. The monoisotopic (exact) mass is 296 g/mol. The SMILES string of the molecule is O=C(CSc1nnnn1C1CCCC1)N1CCNC1=O. The molecule has 3 rings (SSSR count). The van der Waals surface area contributed by atoms with Crippen LogP contribution in [0.4, 0.5) is 4.79 Å². The van der Waals surface area contributed by atoms with E-state index in [0.29, 0.717) is 24.3 Å². The largest absolute Gasteiger partial charge is 0.336 e. The molecule has 1 N–H and O–H groups in total. The number of carbonyl (C=O) groups is 2. The Labute approximate surface area is 120 Å². The van der Waals surface area contributed by atoms with Gasteiger partial charge in [0, 0.05) is 13.1 Å². The summed E-state index contributed by atoms with van der Waals surface area (Å²) in [6.07, 6.45) is 4.56. The first-order valence-electron chi connectivity index (χ1n) is 6.74. The first-order valence-corrected chi connectivity index (χ1v) is 7.73. The Morgan fingerprint density at radius 3 is 2.90 bits per heavy atom. The van der Waals surface area contributed by atoms with Crippen molar-refractivity contribution in [3.05, 3.63) is 0 Å². The van der Waals surface area contributed by atoms with Crippen molar-refractivity contribution in [1.82, 2.24) is 30.4 Å². The predicted octanol–water partition coefficient (Wildman–Crippen LogP) is 0.432. The number of amides is 3. The van der Waals surface area contributed by atoms with Crippen LogP contribution in [-0.2, 0) is 4.79 Å². The van der Waals surface area contributed by atoms with Gasteiger partial charge in [0.2, 0.25) is 11.1 Å². The third-order valence-electron chi connectivity index (χ3n) is 3.62. The van der Waals surface area contributed by atoms with Gasteiger partial charge in [0.05, 0.1) is 11.8 Å². The maximum absolute atomic E-state index is 11.9. The summed E-state index contributed by atoms with van der Waals surface area (Å²) < 4.78 is 1.81. The Morgan fingerprint density at radius 1 is 1.40 bits per heavy atom. The van der Waals surface area contributed by atoms with E-state index in [9.17, 15) is 9.59 Å². The van der Waals surface area contributed by atoms with Gasteiger partial charge < -0.3 is 5.32 Å². The number of aromatic nitrogens is 4. The number of thioether (sulfide) groups is 1. The molecule has 9 heteroatoms. The molecule has 1 saturated heterocycles. The molecule has 1 aromatic heterocycles. The zero-order valence-electron chi connectivity index (χ0n) is 11.0. The van der Waals surface area contributed by atoms with Crippen LogP contribution in [0.1, 0.15) is 31.7 Å². The molecule has 0 radical (unpaired) electrons. The van der Waals surface area contributed by atoms with E-state index in [4.69, 9.17) is 0 Å². The summed E-state index contributed by atoms with van der Waals surface area (Å²) in [6.45, 7) is 0.959. The van der Waals surface area contributed by atoms with E-state index in [2.05, 4.69) is 20.8 Å². The summed E-state index contributed by atoms with van der Waals surface area (Å²) in [5.74, 6) is -0.0217. The van der Waals surface area contributed by atoms with Crippen molar-refractivity contribution in [3.8, 4) is 0 Å². The van der Waals surface area contributed by atoms with E-state index in [1.165, 1.54) is 29.5 Å². The highest BCUT2D eigenvalue weighted by molar-refractivity contribution is 7.99. The van der Waals surface area contributed by atoms with E-state index in [-0.39, 0.29) is 17.7 Å². The summed E-state index contributed by atoms with van der Waals surface area (Å²) in [5, 5.41) is 15.0. The van der Waals surface area contributed by atoms with Crippen molar-refractivity contribution < 1.29 is 9.59 Å². The molecule has 0 bridgehead atoms. The van der Waals surface area contributed by atoms with Gasteiger partial charge in [-0.25, -0.2) is 9.48 Å². The van der Waals surface area contributed by atoms with Gasteiger partial charge in [-0.1, -0.05) is 24.6 Å². The Bertz CT molecular complexity index is 513. The molecule has 1 aromatic rings. The minimum absolute atomic E-state index is 0.181. The normalized spacial score (nSPS) is 19.6. The minimum Gasteiger partial charge on any atom is -0.336 e. The summed E-state index contributed by atoms with van der Waals surface area (Å²) in [5.41, 5.74) is 0. The molecule has 1 aliphatic carbocycles. The molecule has 0 spiro atoms. The zero-order chi connectivity index (χ0) is 13.9. The van der Waals surface area contributed by atoms with E-state index in [1.54, 1.807) is 0 Å². The molecule has 0 atom stereocenters. The van der Waals surface area contributed by atoms with Crippen molar-refractivity contribution in [3.63, 3.8) is 0 Å². The molecular formula is C11H16N6O2S. The van der Waals surface area contributed by atoms with E-state index < -0.39 is 0 Å². The second-order valence-electron chi connectivity index (χ2n) is 4.91. The molecule has 3 amide bonds. The Hall–Kier alpha value is -1.64. The van der Waals surface area contributed by atoms with Crippen LogP contribution < -0.4 is 5.32 Å². The summed E-state index contributed by atoms with van der Waals surface area (Å²) in [6, 6.07) is 0.0312. The van der Waals surface area contributed by atoms with Crippen LogP contribution in [0.2, 0.25) is 0 Å². The lowest BCUT2D eigenvalue weighted by Gasteiger charge is -2.13. The molecular weight excluding hydrogens is 280 g/mol. The van der Waals surface area contributed by atoms with Crippen molar-refractivity contribution in [2.45, 2.75) is 36.9 Å². The van der Waals surface area contributed by atoms with Gasteiger partial charge in [0.15, 0.2) is 0 Å². The second kappa shape index (κ2) is 5.78. The smallest absolute Gasteiger partial charge is 0.324 e. The van der Waals surface area contributed by atoms with Crippen molar-refractivity contribution in [1.29, 1.82) is 0 Å². The first kappa shape index (κ1) is 13.3. The summed E-state index contributed by atoms with van der Waals surface area (Å²) in [4.78, 5) is 24.6. The summed E-state index contributed by atoms with van der Waals surface area (Å²) >= 11 is 1.29. The van der Waals surface area contributed by atoms with Crippen LogP contribution in [0, 0.1) is 0 Å². The van der Waals surface area contributed by atoms with Crippen LogP contribution in [-0.4, -0.2) is 55.9 Å². The zero-order valence-corrected chi connectivity index (χ0v) is 11.8. The highest BCUT2D eigenvalue weighted by atomic mass is 32.2. The number of hydrogen-bond donors (Lipinski definition) is 1. The average molecular weight is 296 g/mol. The summed E-state index contributed by atoms with van der Waals surface area (Å²) in [7, 11) is 0. The van der Waals surface area contributed by atoms with Crippen LogP contribution in [0.3, 0.4) is 0 Å². The predicted molar refractivity (Wildman–Crippen MR) is 71.2 cm³/mol. The molecule has 2 heterocycles. The fourth-order valence-corrected chi connectivity index (χ4v) is 3.39. The third kappa shape index (κ3) is 2.62. The number of rotatable bonds is 4. The number of imide groups is 1. The molecule has 1 saturated carbocycles. The minimum atomic E-state index is -0.314. The van der Waals surface area contributed by atoms with Gasteiger partial charge in [-0.2, -0.15) is 0 Å². The van der Waals surface area contributed by atoms with Gasteiger partial charge >= 0.3 is 6.03 Å². The van der Waals surface area contributed by atoms with Crippen LogP contribution in [0.15, 0.2) is 5.16 Å². The topological polar surface area (TPSA) is 93.0 Å². The van der Waals surface area contributed by atoms with Crippen LogP contribution in [0.25, 0.3) is 0 Å². The van der Waals surface area contributed by atoms with Gasteiger partial charge in [-0.05, 0) is 23.3 Å². The van der Waals surface area contributed by atoms with Crippen molar-refractivity contribution >= 4 is 23.7 Å². The van der Waals surface area contributed by atoms with Crippen LogP contribution >= 0.6 is 11.8 Å². The molecule has 8 nitrogen and oxygen atoms in total. The fraction of sp³-hybridized carbons (Fsp3) is 0.727. The van der Waals surface area contributed by atoms with Gasteiger partial charge in [0.25, 0.3) is 0 Å². The maximum Gasteiger partial charge on any atom is 0.324 e. The second-order valence-corrected chi connectivity index (χ2v) is 5.85. The number of nitrogens with zero attached hydrogens (tertiary/aromatic N) is 5. The highest BCUT2D eigenvalue weighted by Gasteiger charge is 2.27. The van der Waals surface area contributed by atoms with Gasteiger partial charge in [-0.3, -0.25) is 9.69 Å². The lowest BCUT2D eigenvalue weighted by atomic mass is 10.3. The van der Waals surface area contributed by atoms with Gasteiger partial charge in [0.1, 0.15) is 0 Å². The number of hydrogen-bond acceptors (Lipinski definition) is 6. The van der Waals surface area contributed by atoms with Crippen LogP contribution in [0.5, 0.6) is 0 Å². The number of carbonyl (C=O) groups excluding carboxylic acids is 2. The van der Waals surface area contributed by atoms with Crippen molar-refractivity contribution in [2.75, 3.05) is 18.8 Å². The molecule has 0 unspecified atom stereocenters. The number of urea groups is 1. The third-order valence-corrected chi connectivity index (χ3v) is 4.53. The molecule has 2 fully saturated rings. The standard InChI is InChI=1S/C11H16N6O2S/c18-9(16-6-5-12-10(16)19)7-20-11-13-14-15-17(11)8-3-1-2-4-8/h8H,1-7H2,(H,12,19). The molecule has 0 aromatic carbocycles. The first-order chi connectivity index (χ1) is 9.75. The number of tetrazole rings is 1. The highest BCUT2D eigenvalue weighted by Crippen LogP contribution is 2.31. The average Bonchev–Trinajstić information content (AvgIpc) is 3.16. The Morgan fingerprint density at radius 2 is 2.20 bits per heavy atom. The Kier molecular flexibility index (Phi) is 3.86. The molecule has 108 valence electrons. The van der Waals surface area contributed by atoms with Crippen molar-refractivity contribution in [2.24, 2.45) is 0 Å². The molecule has 2 aliphatic rings. The van der Waals surface area contributed by atoms with E-state index >= 15 is 0 Å². The number of nitrogens with one attached hydrogen (secondary N) is 1. The van der Waals surface area contributed by atoms with E-state index in [0.717, 1.165) is 12.8 Å². The fourth-order valence-electron chi connectivity index (χ4n) is 2.57. The lowest BCUT2D eigenvalue weighted by Crippen LogP contribution is -2.35. The maximum atomic E-state index is 11.9. The van der Waals surface area contributed by atoms with E-state index in [1.807, 2.05) is 4.68 Å². The quantitative estimate of drug-likeness (QED) is 0.810. The molecule has 1 aliphatic heterocycles. The van der Waals surface area contributed by atoms with Gasteiger partial charge in [-0.15, -0.1) is 5.10 Å². The lowest BCUT2D eigenvalue weighted by molar-refractivity contribution is -0.124.